The molecule has 0 fully saturated rings. The Labute approximate surface area is 94.0 Å². The Morgan fingerprint density at radius 1 is 1.44 bits per heavy atom. The molecule has 1 aliphatic rings. The Hall–Kier alpha value is -1.45. The highest BCUT2D eigenvalue weighted by Gasteiger charge is 2.25. The molecule has 1 aromatic carbocycles. The molecule has 0 aliphatic carbocycles. The highest BCUT2D eigenvalue weighted by atomic mass is 16.7. The molecule has 1 aromatic heterocycles. The Morgan fingerprint density at radius 3 is 3.19 bits per heavy atom. The monoisotopic (exact) mass is 215 g/mol. The molecular formula is C13H13NO2. The number of benzene rings is 1. The summed E-state index contributed by atoms with van der Waals surface area (Å²) in [5, 5.41) is 1.15. The van der Waals surface area contributed by atoms with Crippen LogP contribution in [0, 0.1) is 0 Å². The van der Waals surface area contributed by atoms with Gasteiger partial charge in [-0.3, -0.25) is 0 Å². The van der Waals surface area contributed by atoms with E-state index in [1.165, 1.54) is 0 Å². The van der Waals surface area contributed by atoms with Gasteiger partial charge in [-0.1, -0.05) is 18.2 Å². The van der Waals surface area contributed by atoms with Crippen LogP contribution in [0.3, 0.4) is 0 Å². The molecule has 3 nitrogen and oxygen atoms in total. The largest absolute Gasteiger partial charge is 0.347 e. The summed E-state index contributed by atoms with van der Waals surface area (Å²) in [6, 6.07) is 10.2. The lowest BCUT2D eigenvalue weighted by molar-refractivity contribution is -0.136. The normalized spacial score (nSPS) is 18.9. The summed E-state index contributed by atoms with van der Waals surface area (Å²) in [6.07, 6.45) is -0.287. The van der Waals surface area contributed by atoms with Crippen molar-refractivity contribution < 1.29 is 9.47 Å². The first-order valence-corrected chi connectivity index (χ1v) is 5.50. The lowest BCUT2D eigenvalue weighted by Crippen LogP contribution is -2.03. The minimum atomic E-state index is -0.287. The van der Waals surface area contributed by atoms with E-state index in [1.54, 1.807) is 0 Å². The fourth-order valence-corrected chi connectivity index (χ4v) is 2.02. The molecule has 0 radical (unpaired) electrons. The minimum absolute atomic E-state index is 0.287. The molecule has 1 unspecified atom stereocenters. The number of nitrogens with zero attached hydrogens (tertiary/aromatic N) is 1. The van der Waals surface area contributed by atoms with Gasteiger partial charge in [0.2, 0.25) is 6.29 Å². The third-order valence-electron chi connectivity index (χ3n) is 2.77. The average Bonchev–Trinajstić information content (AvgIpc) is 2.70. The second-order valence-electron chi connectivity index (χ2n) is 3.82. The number of hydrogen-bond acceptors (Lipinski definition) is 3. The molecule has 2 aromatic rings. The maximum Gasteiger partial charge on any atom is 0.201 e. The molecule has 82 valence electrons. The van der Waals surface area contributed by atoms with E-state index in [2.05, 4.69) is 17.1 Å². The molecule has 3 rings (SSSR count). The second kappa shape index (κ2) is 3.85. The van der Waals surface area contributed by atoms with Gasteiger partial charge in [0.25, 0.3) is 0 Å². The van der Waals surface area contributed by atoms with Crippen molar-refractivity contribution in [1.29, 1.82) is 0 Å². The van der Waals surface area contributed by atoms with Crippen LogP contribution in [-0.2, 0) is 16.1 Å². The van der Waals surface area contributed by atoms with E-state index in [0.717, 1.165) is 22.2 Å². The van der Waals surface area contributed by atoms with Crippen molar-refractivity contribution in [3.8, 4) is 0 Å². The average molecular weight is 215 g/mol. The molecule has 0 spiro atoms. The SMILES string of the molecule is CCOC1OCc2cc3ccccc3nc21. The number of ether oxygens (including phenoxy) is 2. The van der Waals surface area contributed by atoms with E-state index < -0.39 is 0 Å². The first-order valence-electron chi connectivity index (χ1n) is 5.50. The highest BCUT2D eigenvalue weighted by molar-refractivity contribution is 5.79. The molecule has 0 bridgehead atoms. The van der Waals surface area contributed by atoms with Crippen molar-refractivity contribution in [3.05, 3.63) is 41.6 Å². The second-order valence-corrected chi connectivity index (χ2v) is 3.82. The lowest BCUT2D eigenvalue weighted by atomic mass is 10.1. The fourth-order valence-electron chi connectivity index (χ4n) is 2.02. The van der Waals surface area contributed by atoms with Gasteiger partial charge in [0.1, 0.15) is 5.69 Å². The van der Waals surface area contributed by atoms with Crippen molar-refractivity contribution >= 4 is 10.9 Å². The lowest BCUT2D eigenvalue weighted by Gasteiger charge is -2.09. The molecule has 1 aliphatic heterocycles. The van der Waals surface area contributed by atoms with Crippen molar-refractivity contribution in [2.75, 3.05) is 6.61 Å². The van der Waals surface area contributed by atoms with Gasteiger partial charge < -0.3 is 9.47 Å². The Bertz CT molecular complexity index is 524. The molecule has 0 saturated heterocycles. The summed E-state index contributed by atoms with van der Waals surface area (Å²) < 4.78 is 11.0. The summed E-state index contributed by atoms with van der Waals surface area (Å²) in [4.78, 5) is 4.61. The van der Waals surface area contributed by atoms with Gasteiger partial charge in [0.05, 0.1) is 12.1 Å². The van der Waals surface area contributed by atoms with Crippen LogP contribution in [0.2, 0.25) is 0 Å². The molecule has 0 N–H and O–H groups in total. The first-order chi connectivity index (χ1) is 7.88. The van der Waals surface area contributed by atoms with Crippen molar-refractivity contribution in [2.45, 2.75) is 19.8 Å². The van der Waals surface area contributed by atoms with E-state index >= 15 is 0 Å². The number of para-hydroxylation sites is 1. The fraction of sp³-hybridized carbons (Fsp3) is 0.308. The van der Waals surface area contributed by atoms with Crippen LogP contribution in [0.15, 0.2) is 30.3 Å². The number of aromatic nitrogens is 1. The van der Waals surface area contributed by atoms with E-state index in [1.807, 2.05) is 25.1 Å². The van der Waals surface area contributed by atoms with Crippen LogP contribution < -0.4 is 0 Å². The van der Waals surface area contributed by atoms with Crippen LogP contribution in [0.5, 0.6) is 0 Å². The van der Waals surface area contributed by atoms with Gasteiger partial charge in [-0.15, -0.1) is 0 Å². The Morgan fingerprint density at radius 2 is 2.31 bits per heavy atom. The smallest absolute Gasteiger partial charge is 0.201 e. The topological polar surface area (TPSA) is 31.4 Å². The number of rotatable bonds is 2. The number of pyridine rings is 1. The summed E-state index contributed by atoms with van der Waals surface area (Å²) in [5.74, 6) is 0. The maximum absolute atomic E-state index is 5.55. The van der Waals surface area contributed by atoms with Crippen LogP contribution in [0.4, 0.5) is 0 Å². The van der Waals surface area contributed by atoms with Crippen LogP contribution in [0.1, 0.15) is 24.5 Å². The molecule has 16 heavy (non-hydrogen) atoms. The van der Waals surface area contributed by atoms with E-state index in [4.69, 9.17) is 9.47 Å². The first kappa shape index (κ1) is 9.75. The van der Waals surface area contributed by atoms with E-state index in [0.29, 0.717) is 13.2 Å². The zero-order valence-electron chi connectivity index (χ0n) is 9.14. The van der Waals surface area contributed by atoms with Gasteiger partial charge in [-0.05, 0) is 19.1 Å². The molecular weight excluding hydrogens is 202 g/mol. The summed E-state index contributed by atoms with van der Waals surface area (Å²) in [5.41, 5.74) is 3.06. The Kier molecular flexibility index (Phi) is 2.35. The van der Waals surface area contributed by atoms with Gasteiger partial charge >= 0.3 is 0 Å². The number of fused-ring (bicyclic) bond motifs is 2. The van der Waals surface area contributed by atoms with Crippen LogP contribution >= 0.6 is 0 Å². The Balaban J connectivity index is 2.12. The van der Waals surface area contributed by atoms with Gasteiger partial charge in [-0.2, -0.15) is 0 Å². The van der Waals surface area contributed by atoms with Gasteiger partial charge in [0, 0.05) is 17.6 Å². The van der Waals surface area contributed by atoms with Crippen molar-refractivity contribution in [1.82, 2.24) is 4.98 Å². The third-order valence-corrected chi connectivity index (χ3v) is 2.77. The van der Waals surface area contributed by atoms with Gasteiger partial charge in [-0.25, -0.2) is 4.98 Å². The number of hydrogen-bond donors (Lipinski definition) is 0. The minimum Gasteiger partial charge on any atom is -0.347 e. The predicted molar refractivity (Wildman–Crippen MR) is 60.9 cm³/mol. The van der Waals surface area contributed by atoms with Crippen LogP contribution in [0.25, 0.3) is 10.9 Å². The van der Waals surface area contributed by atoms with Crippen molar-refractivity contribution in [2.24, 2.45) is 0 Å². The zero-order chi connectivity index (χ0) is 11.0. The third kappa shape index (κ3) is 1.49. The van der Waals surface area contributed by atoms with E-state index in [-0.39, 0.29) is 6.29 Å². The van der Waals surface area contributed by atoms with Crippen molar-refractivity contribution in [3.63, 3.8) is 0 Å². The predicted octanol–water partition coefficient (Wildman–Crippen LogP) is 2.80. The van der Waals surface area contributed by atoms with Crippen LogP contribution in [-0.4, -0.2) is 11.6 Å². The highest BCUT2D eigenvalue weighted by Crippen LogP contribution is 2.31. The van der Waals surface area contributed by atoms with Gasteiger partial charge in [0.15, 0.2) is 0 Å². The molecule has 3 heteroatoms. The summed E-state index contributed by atoms with van der Waals surface area (Å²) in [7, 11) is 0. The summed E-state index contributed by atoms with van der Waals surface area (Å²) in [6.45, 7) is 3.19. The van der Waals surface area contributed by atoms with E-state index in [9.17, 15) is 0 Å². The zero-order valence-corrected chi connectivity index (χ0v) is 9.14. The molecule has 0 amide bonds. The standard InChI is InChI=1S/C13H13NO2/c1-2-15-13-12-10(8-16-13)7-9-5-3-4-6-11(9)14-12/h3-7,13H,2,8H2,1H3. The maximum atomic E-state index is 5.55. The molecule has 0 saturated carbocycles. The molecule has 2 heterocycles. The quantitative estimate of drug-likeness (QED) is 0.771. The molecule has 1 atom stereocenters. The summed E-state index contributed by atoms with van der Waals surface area (Å²) >= 11 is 0.